The number of ether oxygens (including phenoxy) is 3. The quantitative estimate of drug-likeness (QED) is 0.791. The van der Waals surface area contributed by atoms with Crippen LogP contribution in [0.4, 0.5) is 0 Å². The first-order valence-electron chi connectivity index (χ1n) is 7.10. The highest BCUT2D eigenvalue weighted by molar-refractivity contribution is 6.22. The fourth-order valence-corrected chi connectivity index (χ4v) is 3.05. The van der Waals surface area contributed by atoms with Crippen molar-refractivity contribution in [3.8, 4) is 17.2 Å². The second-order valence-corrected chi connectivity index (χ2v) is 5.67. The van der Waals surface area contributed by atoms with Gasteiger partial charge in [0.25, 0.3) is 0 Å². The van der Waals surface area contributed by atoms with Crippen LogP contribution < -0.4 is 14.2 Å². The van der Waals surface area contributed by atoms with Gasteiger partial charge in [-0.1, -0.05) is 18.2 Å². The summed E-state index contributed by atoms with van der Waals surface area (Å²) in [6.07, 6.45) is 0.952. The molecule has 2 aliphatic heterocycles. The van der Waals surface area contributed by atoms with Gasteiger partial charge in [0.1, 0.15) is 19.0 Å². The van der Waals surface area contributed by atoms with Crippen LogP contribution in [0.25, 0.3) is 0 Å². The molecular weight excluding hydrogens is 288 g/mol. The van der Waals surface area contributed by atoms with Crippen molar-refractivity contribution in [1.82, 2.24) is 0 Å². The third-order valence-corrected chi connectivity index (χ3v) is 4.37. The average molecular weight is 303 g/mol. The highest BCUT2D eigenvalue weighted by atomic mass is 35.5. The molecular formula is C17H15ClO3. The predicted molar refractivity (Wildman–Crippen MR) is 80.8 cm³/mol. The van der Waals surface area contributed by atoms with Crippen molar-refractivity contribution in [1.29, 1.82) is 0 Å². The number of hydrogen-bond donors (Lipinski definition) is 0. The molecule has 1 unspecified atom stereocenters. The van der Waals surface area contributed by atoms with Crippen LogP contribution in [0.1, 0.15) is 22.1 Å². The van der Waals surface area contributed by atoms with Crippen LogP contribution in [0.15, 0.2) is 36.4 Å². The Morgan fingerprint density at radius 2 is 1.43 bits per heavy atom. The van der Waals surface area contributed by atoms with Crippen molar-refractivity contribution >= 4 is 11.6 Å². The average Bonchev–Trinajstić information content (AvgIpc) is 3.01. The van der Waals surface area contributed by atoms with Gasteiger partial charge in [0, 0.05) is 6.42 Å². The second kappa shape index (κ2) is 5.15. The Kier molecular flexibility index (Phi) is 3.15. The van der Waals surface area contributed by atoms with Crippen LogP contribution >= 0.6 is 11.6 Å². The van der Waals surface area contributed by atoms with Crippen molar-refractivity contribution in [2.75, 3.05) is 19.8 Å². The Bertz CT molecular complexity index is 684. The first-order valence-corrected chi connectivity index (χ1v) is 7.54. The van der Waals surface area contributed by atoms with E-state index in [1.54, 1.807) is 0 Å². The van der Waals surface area contributed by atoms with Crippen molar-refractivity contribution in [2.24, 2.45) is 0 Å². The van der Waals surface area contributed by atoms with Gasteiger partial charge in [0.05, 0.1) is 12.0 Å². The predicted octanol–water partition coefficient (Wildman–Crippen LogP) is 3.72. The molecule has 108 valence electrons. The summed E-state index contributed by atoms with van der Waals surface area (Å²) in [6.45, 7) is 1.94. The summed E-state index contributed by atoms with van der Waals surface area (Å²) in [7, 11) is 0. The summed E-state index contributed by atoms with van der Waals surface area (Å²) >= 11 is 6.64. The molecule has 2 heterocycles. The summed E-state index contributed by atoms with van der Waals surface area (Å²) in [5.41, 5.74) is 3.33. The number of alkyl halides is 1. The lowest BCUT2D eigenvalue weighted by atomic mass is 10.0. The summed E-state index contributed by atoms with van der Waals surface area (Å²) in [4.78, 5) is 0. The molecule has 0 saturated carbocycles. The van der Waals surface area contributed by atoms with E-state index in [4.69, 9.17) is 25.8 Å². The van der Waals surface area contributed by atoms with E-state index >= 15 is 0 Å². The first-order chi connectivity index (χ1) is 10.3. The molecule has 0 radical (unpaired) electrons. The molecule has 0 fully saturated rings. The minimum atomic E-state index is -0.202. The number of fused-ring (bicyclic) bond motifs is 2. The molecule has 4 rings (SSSR count). The molecule has 0 aromatic heterocycles. The first kappa shape index (κ1) is 12.8. The number of rotatable bonds is 2. The Morgan fingerprint density at radius 3 is 2.29 bits per heavy atom. The van der Waals surface area contributed by atoms with E-state index < -0.39 is 0 Å². The van der Waals surface area contributed by atoms with Crippen molar-refractivity contribution in [3.05, 3.63) is 53.1 Å². The largest absolute Gasteiger partial charge is 0.493 e. The lowest BCUT2D eigenvalue weighted by Gasteiger charge is -2.20. The summed E-state index contributed by atoms with van der Waals surface area (Å²) in [5, 5.41) is -0.202. The van der Waals surface area contributed by atoms with Gasteiger partial charge in [-0.2, -0.15) is 0 Å². The third-order valence-electron chi connectivity index (χ3n) is 3.87. The zero-order valence-corrected chi connectivity index (χ0v) is 12.2. The molecule has 0 saturated heterocycles. The number of hydrogen-bond acceptors (Lipinski definition) is 3. The van der Waals surface area contributed by atoms with Crippen molar-refractivity contribution in [3.63, 3.8) is 0 Å². The Morgan fingerprint density at radius 1 is 0.762 bits per heavy atom. The van der Waals surface area contributed by atoms with Gasteiger partial charge in [0.15, 0.2) is 11.5 Å². The van der Waals surface area contributed by atoms with Crippen LogP contribution in [0.2, 0.25) is 0 Å². The topological polar surface area (TPSA) is 27.7 Å². The van der Waals surface area contributed by atoms with Gasteiger partial charge in [-0.15, -0.1) is 11.6 Å². The molecule has 0 N–H and O–H groups in total. The third kappa shape index (κ3) is 2.32. The van der Waals surface area contributed by atoms with Gasteiger partial charge in [0.2, 0.25) is 0 Å². The molecule has 2 aromatic carbocycles. The monoisotopic (exact) mass is 302 g/mol. The van der Waals surface area contributed by atoms with Crippen LogP contribution in [0.5, 0.6) is 17.2 Å². The van der Waals surface area contributed by atoms with E-state index in [2.05, 4.69) is 6.07 Å². The van der Waals surface area contributed by atoms with Crippen LogP contribution in [-0.2, 0) is 6.42 Å². The van der Waals surface area contributed by atoms with Crippen molar-refractivity contribution in [2.45, 2.75) is 11.8 Å². The molecule has 2 aliphatic rings. The number of benzene rings is 2. The smallest absolute Gasteiger partial charge is 0.161 e. The number of halogens is 1. The maximum absolute atomic E-state index is 6.64. The van der Waals surface area contributed by atoms with Gasteiger partial charge < -0.3 is 14.2 Å². The standard InChI is InChI=1S/C17H15ClO3/c18-17(12-1-3-14-11(9-12)5-6-19-14)13-2-4-15-16(10-13)21-8-7-20-15/h1-4,9-10,17H,5-8H2. The van der Waals surface area contributed by atoms with Gasteiger partial charge in [-0.25, -0.2) is 0 Å². The molecule has 21 heavy (non-hydrogen) atoms. The molecule has 1 atom stereocenters. The van der Waals surface area contributed by atoms with E-state index in [0.29, 0.717) is 13.2 Å². The summed E-state index contributed by atoms with van der Waals surface area (Å²) in [6, 6.07) is 12.1. The summed E-state index contributed by atoms with van der Waals surface area (Å²) in [5.74, 6) is 2.54. The lowest BCUT2D eigenvalue weighted by molar-refractivity contribution is 0.171. The maximum atomic E-state index is 6.64. The van der Waals surface area contributed by atoms with Crippen LogP contribution in [0.3, 0.4) is 0 Å². The molecule has 3 nitrogen and oxygen atoms in total. The van der Waals surface area contributed by atoms with E-state index in [1.807, 2.05) is 30.3 Å². The van der Waals surface area contributed by atoms with Crippen LogP contribution in [-0.4, -0.2) is 19.8 Å². The Balaban J connectivity index is 1.66. The highest BCUT2D eigenvalue weighted by Gasteiger charge is 2.19. The fourth-order valence-electron chi connectivity index (χ4n) is 2.77. The SMILES string of the molecule is ClC(c1ccc2c(c1)CCO2)c1ccc2c(c1)OCCO2. The van der Waals surface area contributed by atoms with E-state index in [1.165, 1.54) is 5.56 Å². The Hall–Kier alpha value is -1.87. The fraction of sp³-hybridized carbons (Fsp3) is 0.294. The zero-order valence-electron chi connectivity index (χ0n) is 11.5. The minimum Gasteiger partial charge on any atom is -0.493 e. The van der Waals surface area contributed by atoms with Crippen LogP contribution in [0, 0.1) is 0 Å². The van der Waals surface area contributed by atoms with Gasteiger partial charge in [-0.05, 0) is 34.9 Å². The maximum Gasteiger partial charge on any atom is 0.161 e. The highest BCUT2D eigenvalue weighted by Crippen LogP contribution is 2.38. The van der Waals surface area contributed by atoms with E-state index in [-0.39, 0.29) is 5.38 Å². The van der Waals surface area contributed by atoms with E-state index in [9.17, 15) is 0 Å². The lowest BCUT2D eigenvalue weighted by Crippen LogP contribution is -2.15. The van der Waals surface area contributed by atoms with Gasteiger partial charge >= 0.3 is 0 Å². The molecule has 0 bridgehead atoms. The second-order valence-electron chi connectivity index (χ2n) is 5.23. The Labute approximate surface area is 128 Å². The summed E-state index contributed by atoms with van der Waals surface area (Å²) < 4.78 is 16.7. The van der Waals surface area contributed by atoms with Gasteiger partial charge in [-0.3, -0.25) is 0 Å². The molecule has 0 spiro atoms. The van der Waals surface area contributed by atoms with Crippen molar-refractivity contribution < 1.29 is 14.2 Å². The molecule has 0 amide bonds. The molecule has 4 heteroatoms. The minimum absolute atomic E-state index is 0.202. The molecule has 0 aliphatic carbocycles. The molecule has 2 aromatic rings. The van der Waals surface area contributed by atoms with E-state index in [0.717, 1.165) is 41.4 Å². The zero-order chi connectivity index (χ0) is 14.2. The normalized spacial score (nSPS) is 17.0.